The molecule has 1 heterocycles. The fourth-order valence-corrected chi connectivity index (χ4v) is 2.77. The Morgan fingerprint density at radius 3 is 2.36 bits per heavy atom. The molecule has 0 saturated carbocycles. The average molecular weight is 396 g/mol. The van der Waals surface area contributed by atoms with Gasteiger partial charge in [-0.2, -0.15) is 0 Å². The quantitative estimate of drug-likeness (QED) is 0.596. The summed E-state index contributed by atoms with van der Waals surface area (Å²) in [6, 6.07) is 19.0. The van der Waals surface area contributed by atoms with Gasteiger partial charge in [-0.1, -0.05) is 35.9 Å². The van der Waals surface area contributed by atoms with Crippen LogP contribution in [-0.4, -0.2) is 24.5 Å². The smallest absolute Gasteiger partial charge is 0.252 e. The third-order valence-electron chi connectivity index (χ3n) is 4.27. The Balaban J connectivity index is 1.45. The number of halogens is 1. The van der Waals surface area contributed by atoms with Crippen LogP contribution < -0.4 is 15.4 Å². The van der Waals surface area contributed by atoms with E-state index in [-0.39, 0.29) is 5.91 Å². The molecule has 0 bridgehead atoms. The van der Waals surface area contributed by atoms with E-state index in [0.29, 0.717) is 29.5 Å². The van der Waals surface area contributed by atoms with Gasteiger partial charge in [-0.15, -0.1) is 0 Å². The van der Waals surface area contributed by atoms with Crippen LogP contribution in [0.15, 0.2) is 66.9 Å². The molecule has 6 heteroatoms. The summed E-state index contributed by atoms with van der Waals surface area (Å²) in [5, 5.41) is 6.85. The van der Waals surface area contributed by atoms with Crippen LogP contribution in [-0.2, 0) is 13.0 Å². The van der Waals surface area contributed by atoms with E-state index in [4.69, 9.17) is 16.3 Å². The predicted octanol–water partition coefficient (Wildman–Crippen LogP) is 4.33. The maximum atomic E-state index is 12.3. The van der Waals surface area contributed by atoms with Gasteiger partial charge in [0.2, 0.25) is 0 Å². The molecule has 28 heavy (non-hydrogen) atoms. The number of nitrogens with one attached hydrogen (secondary N) is 2. The Bertz CT molecular complexity index is 895. The third-order valence-corrected chi connectivity index (χ3v) is 4.52. The number of ether oxygens (including phenoxy) is 1. The molecule has 1 amide bonds. The van der Waals surface area contributed by atoms with Gasteiger partial charge < -0.3 is 15.4 Å². The van der Waals surface area contributed by atoms with E-state index in [1.807, 2.05) is 48.5 Å². The van der Waals surface area contributed by atoms with Crippen LogP contribution in [0.1, 0.15) is 21.5 Å². The van der Waals surface area contributed by atoms with Crippen LogP contribution >= 0.6 is 11.6 Å². The Labute approximate surface area is 169 Å². The largest absolute Gasteiger partial charge is 0.497 e. The number of aromatic nitrogens is 1. The number of rotatable bonds is 8. The number of nitrogens with zero attached hydrogens (tertiary/aromatic N) is 1. The molecule has 0 atom stereocenters. The second-order valence-corrected chi connectivity index (χ2v) is 6.70. The summed E-state index contributed by atoms with van der Waals surface area (Å²) in [4.78, 5) is 16.6. The van der Waals surface area contributed by atoms with E-state index in [9.17, 15) is 4.79 Å². The predicted molar refractivity (Wildman–Crippen MR) is 112 cm³/mol. The molecular formula is C22H22ClN3O2. The number of amides is 1. The van der Waals surface area contributed by atoms with Gasteiger partial charge >= 0.3 is 0 Å². The molecule has 0 aliphatic heterocycles. The summed E-state index contributed by atoms with van der Waals surface area (Å²) in [7, 11) is 1.64. The Hall–Kier alpha value is -3.05. The first kappa shape index (κ1) is 19.7. The van der Waals surface area contributed by atoms with Gasteiger partial charge in [-0.25, -0.2) is 4.98 Å². The molecule has 3 aromatic rings. The molecule has 0 radical (unpaired) electrons. The first-order chi connectivity index (χ1) is 13.6. The zero-order chi connectivity index (χ0) is 19.8. The number of anilines is 1. The minimum atomic E-state index is -0.134. The molecule has 0 aliphatic carbocycles. The SMILES string of the molecule is COc1ccc(CCNC(=O)c2ccc(NCc3ccc(Cl)cc3)nc2)cc1. The van der Waals surface area contributed by atoms with E-state index < -0.39 is 0 Å². The van der Waals surface area contributed by atoms with Gasteiger partial charge in [0.1, 0.15) is 11.6 Å². The molecule has 2 aromatic carbocycles. The van der Waals surface area contributed by atoms with E-state index in [2.05, 4.69) is 15.6 Å². The topological polar surface area (TPSA) is 63.2 Å². The maximum absolute atomic E-state index is 12.3. The summed E-state index contributed by atoms with van der Waals surface area (Å²) in [6.07, 6.45) is 2.33. The molecule has 0 unspecified atom stereocenters. The summed E-state index contributed by atoms with van der Waals surface area (Å²) in [5.74, 6) is 1.40. The van der Waals surface area contributed by atoms with Crippen LogP contribution in [0.25, 0.3) is 0 Å². The molecule has 3 rings (SSSR count). The number of carbonyl (C=O) groups is 1. The van der Waals surface area contributed by atoms with Crippen molar-refractivity contribution < 1.29 is 9.53 Å². The molecule has 1 aromatic heterocycles. The summed E-state index contributed by atoms with van der Waals surface area (Å²) in [6.45, 7) is 1.19. The molecule has 0 saturated heterocycles. The highest BCUT2D eigenvalue weighted by molar-refractivity contribution is 6.30. The van der Waals surface area contributed by atoms with Crippen molar-refractivity contribution in [2.75, 3.05) is 19.0 Å². The van der Waals surface area contributed by atoms with E-state index in [1.165, 1.54) is 0 Å². The Kier molecular flexibility index (Phi) is 6.87. The van der Waals surface area contributed by atoms with E-state index in [0.717, 1.165) is 23.3 Å². The van der Waals surface area contributed by atoms with Crippen molar-refractivity contribution in [1.82, 2.24) is 10.3 Å². The van der Waals surface area contributed by atoms with Crippen LogP contribution in [0, 0.1) is 0 Å². The fourth-order valence-electron chi connectivity index (χ4n) is 2.64. The second kappa shape index (κ2) is 9.76. The van der Waals surface area contributed by atoms with Crippen molar-refractivity contribution in [1.29, 1.82) is 0 Å². The van der Waals surface area contributed by atoms with Crippen molar-refractivity contribution in [2.45, 2.75) is 13.0 Å². The first-order valence-electron chi connectivity index (χ1n) is 8.99. The van der Waals surface area contributed by atoms with Crippen LogP contribution in [0.4, 0.5) is 5.82 Å². The second-order valence-electron chi connectivity index (χ2n) is 6.27. The van der Waals surface area contributed by atoms with Gasteiger partial charge in [0.25, 0.3) is 5.91 Å². The summed E-state index contributed by atoms with van der Waals surface area (Å²) >= 11 is 5.88. The molecule has 0 aliphatic rings. The number of carbonyl (C=O) groups excluding carboxylic acids is 1. The normalized spacial score (nSPS) is 10.4. The lowest BCUT2D eigenvalue weighted by Crippen LogP contribution is -2.25. The maximum Gasteiger partial charge on any atom is 0.252 e. The highest BCUT2D eigenvalue weighted by Gasteiger charge is 2.06. The van der Waals surface area contributed by atoms with Crippen molar-refractivity contribution >= 4 is 23.3 Å². The Morgan fingerprint density at radius 2 is 1.71 bits per heavy atom. The van der Waals surface area contributed by atoms with E-state index in [1.54, 1.807) is 25.4 Å². The van der Waals surface area contributed by atoms with Crippen molar-refractivity contribution in [2.24, 2.45) is 0 Å². The fraction of sp³-hybridized carbons (Fsp3) is 0.182. The third kappa shape index (κ3) is 5.72. The highest BCUT2D eigenvalue weighted by Crippen LogP contribution is 2.13. The lowest BCUT2D eigenvalue weighted by molar-refractivity contribution is 0.0954. The van der Waals surface area contributed by atoms with Crippen LogP contribution in [0.5, 0.6) is 5.75 Å². The molecule has 0 spiro atoms. The minimum absolute atomic E-state index is 0.134. The summed E-state index contributed by atoms with van der Waals surface area (Å²) in [5.41, 5.74) is 2.78. The monoisotopic (exact) mass is 395 g/mol. The van der Waals surface area contributed by atoms with Crippen molar-refractivity contribution in [3.05, 3.63) is 88.6 Å². The molecular weight excluding hydrogens is 374 g/mol. The molecule has 2 N–H and O–H groups in total. The van der Waals surface area contributed by atoms with Gasteiger partial charge in [0.05, 0.1) is 12.7 Å². The first-order valence-corrected chi connectivity index (χ1v) is 9.37. The average Bonchev–Trinajstić information content (AvgIpc) is 2.74. The van der Waals surface area contributed by atoms with Gasteiger partial charge in [0, 0.05) is 24.3 Å². The molecule has 5 nitrogen and oxygen atoms in total. The van der Waals surface area contributed by atoms with Gasteiger partial charge in [-0.3, -0.25) is 4.79 Å². The number of pyridine rings is 1. The molecule has 0 fully saturated rings. The van der Waals surface area contributed by atoms with Crippen LogP contribution in [0.2, 0.25) is 5.02 Å². The van der Waals surface area contributed by atoms with Gasteiger partial charge in [0.15, 0.2) is 0 Å². The van der Waals surface area contributed by atoms with E-state index >= 15 is 0 Å². The lowest BCUT2D eigenvalue weighted by atomic mass is 10.1. The highest BCUT2D eigenvalue weighted by atomic mass is 35.5. The number of benzene rings is 2. The number of hydrogen-bond acceptors (Lipinski definition) is 4. The summed E-state index contributed by atoms with van der Waals surface area (Å²) < 4.78 is 5.14. The minimum Gasteiger partial charge on any atom is -0.497 e. The van der Waals surface area contributed by atoms with Gasteiger partial charge in [-0.05, 0) is 53.9 Å². The lowest BCUT2D eigenvalue weighted by Gasteiger charge is -2.08. The zero-order valence-electron chi connectivity index (χ0n) is 15.6. The van der Waals surface area contributed by atoms with Crippen molar-refractivity contribution in [3.8, 4) is 5.75 Å². The zero-order valence-corrected chi connectivity index (χ0v) is 16.4. The van der Waals surface area contributed by atoms with Crippen LogP contribution in [0.3, 0.4) is 0 Å². The molecule has 144 valence electrons. The van der Waals surface area contributed by atoms with Crippen molar-refractivity contribution in [3.63, 3.8) is 0 Å². The Morgan fingerprint density at radius 1 is 1.00 bits per heavy atom. The standard InChI is InChI=1S/C22H22ClN3O2/c1-28-20-9-4-16(5-10-20)12-13-24-22(27)18-6-11-21(26-15-18)25-14-17-2-7-19(23)8-3-17/h2-11,15H,12-14H2,1H3,(H,24,27)(H,25,26). The number of hydrogen-bond donors (Lipinski definition) is 2. The number of methoxy groups -OCH3 is 1.